The molecular weight excluding hydrogens is 480 g/mol. The largest absolute Gasteiger partial charge is 0.487 e. The Kier molecular flexibility index (Phi) is 7.58. The average molecular weight is 519 g/mol. The van der Waals surface area contributed by atoms with Crippen molar-refractivity contribution in [1.29, 1.82) is 0 Å². The van der Waals surface area contributed by atoms with E-state index >= 15 is 0 Å². The van der Waals surface area contributed by atoms with E-state index in [1.54, 1.807) is 18.1 Å². The fraction of sp³-hybridized carbons (Fsp3) is 0.667. The Labute approximate surface area is 218 Å². The van der Waals surface area contributed by atoms with Gasteiger partial charge in [0.05, 0.1) is 18.0 Å². The lowest BCUT2D eigenvalue weighted by molar-refractivity contribution is -0.133. The standard InChI is InChI=1S/C27H39ClN4O4/c1-6-27(7-2)15-23(33)32(25(29)31-27)21(10-11-35-5)17-13-18(17)24(34)30-20-14-26(3,4)36-22-9-8-16(28)12-19(20)22/h8-9,12,17-18,20-21H,6-7,10-11,13-15H2,1-5H3,(H2,29,31)(H,30,34)/t17?,18-,20+,21-/m1/s1. The number of hydrogen-bond acceptors (Lipinski definition) is 6. The number of ether oxygens (including phenoxy) is 2. The summed E-state index contributed by atoms with van der Waals surface area (Å²) in [4.78, 5) is 33.1. The highest BCUT2D eigenvalue weighted by Crippen LogP contribution is 2.47. The number of nitrogens with one attached hydrogen (secondary N) is 1. The summed E-state index contributed by atoms with van der Waals surface area (Å²) in [6.07, 6.45) is 3.78. The van der Waals surface area contributed by atoms with Crippen LogP contribution in [0.3, 0.4) is 0 Å². The van der Waals surface area contributed by atoms with Gasteiger partial charge in [-0.2, -0.15) is 0 Å². The molecule has 2 amide bonds. The van der Waals surface area contributed by atoms with Crippen molar-refractivity contribution in [3.8, 4) is 5.75 Å². The van der Waals surface area contributed by atoms with Gasteiger partial charge in [0.1, 0.15) is 11.4 Å². The van der Waals surface area contributed by atoms with Gasteiger partial charge in [-0.25, -0.2) is 4.99 Å². The van der Waals surface area contributed by atoms with Crippen LogP contribution in [0.1, 0.15) is 77.8 Å². The summed E-state index contributed by atoms with van der Waals surface area (Å²) in [6, 6.07) is 5.09. The van der Waals surface area contributed by atoms with Gasteiger partial charge in [-0.15, -0.1) is 0 Å². The molecule has 1 aliphatic carbocycles. The first-order valence-corrected chi connectivity index (χ1v) is 13.4. The molecule has 1 aromatic carbocycles. The van der Waals surface area contributed by atoms with Gasteiger partial charge < -0.3 is 20.5 Å². The Balaban J connectivity index is 1.51. The molecule has 0 saturated heterocycles. The maximum atomic E-state index is 13.4. The molecule has 0 spiro atoms. The van der Waals surface area contributed by atoms with Gasteiger partial charge in [0, 0.05) is 42.7 Å². The van der Waals surface area contributed by atoms with Gasteiger partial charge in [-0.05, 0) is 63.6 Å². The molecule has 1 saturated carbocycles. The second kappa shape index (κ2) is 10.2. The molecule has 0 radical (unpaired) electrons. The Morgan fingerprint density at radius 3 is 2.72 bits per heavy atom. The van der Waals surface area contributed by atoms with Crippen LogP contribution in [0.5, 0.6) is 5.75 Å². The molecule has 3 aliphatic rings. The number of nitrogens with two attached hydrogens (primary N) is 1. The predicted molar refractivity (Wildman–Crippen MR) is 140 cm³/mol. The molecule has 8 nitrogen and oxygen atoms in total. The lowest BCUT2D eigenvalue weighted by Gasteiger charge is -2.40. The number of rotatable bonds is 9. The molecule has 1 aromatic rings. The van der Waals surface area contributed by atoms with Gasteiger partial charge in [-0.1, -0.05) is 25.4 Å². The van der Waals surface area contributed by atoms with Gasteiger partial charge in [0.2, 0.25) is 11.8 Å². The minimum atomic E-state index is -0.436. The summed E-state index contributed by atoms with van der Waals surface area (Å²) >= 11 is 6.25. The van der Waals surface area contributed by atoms with Gasteiger partial charge in [0.25, 0.3) is 0 Å². The zero-order valence-corrected chi connectivity index (χ0v) is 22.7. The Bertz CT molecular complexity index is 1040. The first-order valence-electron chi connectivity index (χ1n) is 13.0. The first-order chi connectivity index (χ1) is 17.0. The van der Waals surface area contributed by atoms with E-state index in [2.05, 4.69) is 5.32 Å². The van der Waals surface area contributed by atoms with E-state index < -0.39 is 11.1 Å². The van der Waals surface area contributed by atoms with Crippen LogP contribution in [-0.4, -0.2) is 53.6 Å². The fourth-order valence-electron chi connectivity index (χ4n) is 5.79. The third-order valence-corrected chi connectivity index (χ3v) is 8.26. The molecule has 1 unspecified atom stereocenters. The van der Waals surface area contributed by atoms with Crippen LogP contribution in [-0.2, 0) is 14.3 Å². The zero-order chi connectivity index (χ0) is 26.3. The van der Waals surface area contributed by atoms with Crippen molar-refractivity contribution in [2.45, 2.75) is 89.4 Å². The first kappa shape index (κ1) is 26.7. The van der Waals surface area contributed by atoms with E-state index in [0.717, 1.165) is 24.2 Å². The minimum absolute atomic E-state index is 0.000264. The van der Waals surface area contributed by atoms with E-state index in [9.17, 15) is 9.59 Å². The van der Waals surface area contributed by atoms with E-state index in [4.69, 9.17) is 31.8 Å². The number of nitrogens with zero attached hydrogens (tertiary/aromatic N) is 2. The highest BCUT2D eigenvalue weighted by molar-refractivity contribution is 6.30. The Morgan fingerprint density at radius 1 is 1.36 bits per heavy atom. The zero-order valence-electron chi connectivity index (χ0n) is 22.0. The van der Waals surface area contributed by atoms with Crippen LogP contribution < -0.4 is 15.8 Å². The molecule has 3 N–H and O–H groups in total. The maximum Gasteiger partial charge on any atom is 0.231 e. The van der Waals surface area contributed by atoms with Crippen LogP contribution in [0, 0.1) is 11.8 Å². The number of methoxy groups -OCH3 is 1. The second-order valence-electron chi connectivity index (χ2n) is 11.0. The molecule has 2 aliphatic heterocycles. The number of fused-ring (bicyclic) bond motifs is 1. The second-order valence-corrected chi connectivity index (χ2v) is 11.4. The Morgan fingerprint density at radius 2 is 2.08 bits per heavy atom. The molecule has 4 atom stereocenters. The van der Waals surface area contributed by atoms with E-state index in [-0.39, 0.29) is 41.7 Å². The SMILES string of the molecule is CCC1(CC)CC(=O)N([C@H](CCOC)C2C[C@H]2C(=O)N[C@H]2CC(C)(C)Oc3ccc(Cl)cc32)C(N)=N1. The summed E-state index contributed by atoms with van der Waals surface area (Å²) in [6.45, 7) is 8.58. The van der Waals surface area contributed by atoms with Crippen molar-refractivity contribution in [2.24, 2.45) is 22.6 Å². The highest BCUT2D eigenvalue weighted by Gasteiger charge is 2.53. The molecule has 1 fully saturated rings. The molecule has 0 bridgehead atoms. The lowest BCUT2D eigenvalue weighted by atomic mass is 9.87. The van der Waals surface area contributed by atoms with Crippen LogP contribution in [0.15, 0.2) is 23.2 Å². The fourth-order valence-corrected chi connectivity index (χ4v) is 5.97. The number of halogens is 1. The van der Waals surface area contributed by atoms with Gasteiger partial charge in [0.15, 0.2) is 5.96 Å². The van der Waals surface area contributed by atoms with Crippen LogP contribution in [0.2, 0.25) is 5.02 Å². The molecule has 198 valence electrons. The normalized spacial score (nSPS) is 26.9. The quantitative estimate of drug-likeness (QED) is 0.509. The van der Waals surface area contributed by atoms with Crippen molar-refractivity contribution >= 4 is 29.4 Å². The van der Waals surface area contributed by atoms with Crippen molar-refractivity contribution < 1.29 is 19.1 Å². The van der Waals surface area contributed by atoms with E-state index in [1.165, 1.54) is 0 Å². The van der Waals surface area contributed by atoms with E-state index in [1.807, 2.05) is 39.8 Å². The summed E-state index contributed by atoms with van der Waals surface area (Å²) < 4.78 is 11.4. The predicted octanol–water partition coefficient (Wildman–Crippen LogP) is 4.21. The summed E-state index contributed by atoms with van der Waals surface area (Å²) in [5.41, 5.74) is 6.43. The third-order valence-electron chi connectivity index (χ3n) is 8.03. The molecule has 0 aromatic heterocycles. The lowest BCUT2D eigenvalue weighted by Crippen LogP contribution is -2.56. The van der Waals surface area contributed by atoms with Crippen molar-refractivity contribution in [2.75, 3.05) is 13.7 Å². The monoisotopic (exact) mass is 518 g/mol. The van der Waals surface area contributed by atoms with Crippen LogP contribution in [0.25, 0.3) is 0 Å². The third kappa shape index (κ3) is 5.35. The highest BCUT2D eigenvalue weighted by atomic mass is 35.5. The number of aliphatic imine (C=N–C) groups is 1. The molecule has 4 rings (SSSR count). The van der Waals surface area contributed by atoms with Crippen molar-refractivity contribution in [3.63, 3.8) is 0 Å². The topological polar surface area (TPSA) is 106 Å². The number of carbonyl (C=O) groups is 2. The van der Waals surface area contributed by atoms with Gasteiger partial charge in [-0.3, -0.25) is 14.5 Å². The number of hydrogen-bond donors (Lipinski definition) is 2. The minimum Gasteiger partial charge on any atom is -0.487 e. The molecule has 2 heterocycles. The van der Waals surface area contributed by atoms with E-state index in [0.29, 0.717) is 37.3 Å². The maximum absolute atomic E-state index is 13.4. The molecular formula is C27H39ClN4O4. The average Bonchev–Trinajstić information content (AvgIpc) is 3.61. The van der Waals surface area contributed by atoms with Crippen molar-refractivity contribution in [1.82, 2.24) is 10.2 Å². The number of benzene rings is 1. The molecule has 9 heteroatoms. The van der Waals surface area contributed by atoms with Gasteiger partial charge >= 0.3 is 0 Å². The molecule has 36 heavy (non-hydrogen) atoms. The summed E-state index contributed by atoms with van der Waals surface area (Å²) in [5.74, 6) is 0.757. The smallest absolute Gasteiger partial charge is 0.231 e. The summed E-state index contributed by atoms with van der Waals surface area (Å²) in [7, 11) is 1.64. The number of carbonyl (C=O) groups excluding carboxylic acids is 2. The number of amides is 2. The van der Waals surface area contributed by atoms with Crippen LogP contribution >= 0.6 is 11.6 Å². The number of guanidine groups is 1. The summed E-state index contributed by atoms with van der Waals surface area (Å²) in [5, 5.41) is 3.85. The Hall–Kier alpha value is -2.32. The van der Waals surface area contributed by atoms with Crippen LogP contribution in [0.4, 0.5) is 0 Å². The van der Waals surface area contributed by atoms with Crippen molar-refractivity contribution in [3.05, 3.63) is 28.8 Å².